The van der Waals surface area contributed by atoms with Crippen molar-refractivity contribution in [2.24, 2.45) is 5.73 Å². The molecule has 0 spiro atoms. The lowest BCUT2D eigenvalue weighted by molar-refractivity contribution is -0.123. The molecule has 17 heavy (non-hydrogen) atoms. The smallest absolute Gasteiger partial charge is 0.312 e. The second-order valence-corrected chi connectivity index (χ2v) is 3.87. The molecule has 0 saturated carbocycles. The van der Waals surface area contributed by atoms with Crippen molar-refractivity contribution in [1.29, 1.82) is 0 Å². The summed E-state index contributed by atoms with van der Waals surface area (Å²) < 4.78 is 0. The van der Waals surface area contributed by atoms with Crippen molar-refractivity contribution >= 4 is 11.9 Å². The minimum absolute atomic E-state index is 0.110. The van der Waals surface area contributed by atoms with Gasteiger partial charge in [0.25, 0.3) is 0 Å². The molecule has 0 heterocycles. The minimum atomic E-state index is -0.708. The second-order valence-electron chi connectivity index (χ2n) is 3.87. The highest BCUT2D eigenvalue weighted by Gasteiger charge is 2.16. The summed E-state index contributed by atoms with van der Waals surface area (Å²) in [5.41, 5.74) is 5.95. The Bertz CT molecular complexity index is 392. The zero-order valence-electron chi connectivity index (χ0n) is 9.94. The average molecular weight is 235 g/mol. The quantitative estimate of drug-likeness (QED) is 0.725. The Hall–Kier alpha value is -2.04. The third-order valence-electron chi connectivity index (χ3n) is 2.41. The summed E-state index contributed by atoms with van der Waals surface area (Å²) in [5.74, 6) is -0.264. The number of nitrogens with one attached hydrogen (secondary N) is 2. The predicted molar refractivity (Wildman–Crippen MR) is 65.2 cm³/mol. The largest absolute Gasteiger partial charge is 0.352 e. The Balaban J connectivity index is 2.54. The normalized spacial score (nSPS) is 13.5. The molecule has 0 unspecified atom stereocenters. The summed E-state index contributed by atoms with van der Waals surface area (Å²) >= 11 is 0. The lowest BCUT2D eigenvalue weighted by atomic mass is 10.1. The van der Waals surface area contributed by atoms with Crippen LogP contribution in [0.5, 0.6) is 0 Å². The molecule has 1 aromatic carbocycles. The average Bonchev–Trinajstić information content (AvgIpc) is 2.29. The Kier molecular flexibility index (Phi) is 4.51. The molecule has 3 amide bonds. The van der Waals surface area contributed by atoms with Gasteiger partial charge in [0.1, 0.15) is 6.04 Å². The first-order chi connectivity index (χ1) is 8.00. The number of hydrogen-bond acceptors (Lipinski definition) is 2. The lowest BCUT2D eigenvalue weighted by Crippen LogP contribution is -2.47. The van der Waals surface area contributed by atoms with Gasteiger partial charge >= 0.3 is 6.03 Å². The highest BCUT2D eigenvalue weighted by Crippen LogP contribution is 2.10. The summed E-state index contributed by atoms with van der Waals surface area (Å²) in [5, 5.41) is 5.12. The summed E-state index contributed by atoms with van der Waals surface area (Å²) in [6.45, 7) is 3.46. The van der Waals surface area contributed by atoms with E-state index in [0.29, 0.717) is 0 Å². The van der Waals surface area contributed by atoms with Crippen LogP contribution in [0.1, 0.15) is 25.5 Å². The van der Waals surface area contributed by atoms with Gasteiger partial charge in [-0.2, -0.15) is 0 Å². The van der Waals surface area contributed by atoms with Crippen molar-refractivity contribution in [3.63, 3.8) is 0 Å². The molecule has 1 rings (SSSR count). The molecule has 0 radical (unpaired) electrons. The van der Waals surface area contributed by atoms with Gasteiger partial charge in [-0.05, 0) is 19.4 Å². The number of hydrogen-bond donors (Lipinski definition) is 3. The lowest BCUT2D eigenvalue weighted by Gasteiger charge is -2.18. The van der Waals surface area contributed by atoms with Gasteiger partial charge in [-0.3, -0.25) is 4.79 Å². The Morgan fingerprint density at radius 3 is 2.24 bits per heavy atom. The number of amides is 3. The third kappa shape index (κ3) is 4.14. The second kappa shape index (κ2) is 5.89. The van der Waals surface area contributed by atoms with Crippen LogP contribution in [0.4, 0.5) is 4.79 Å². The zero-order chi connectivity index (χ0) is 12.8. The van der Waals surface area contributed by atoms with Crippen LogP contribution in [0.3, 0.4) is 0 Å². The van der Waals surface area contributed by atoms with Gasteiger partial charge in [0.05, 0.1) is 6.04 Å². The van der Waals surface area contributed by atoms with Gasteiger partial charge in [0.15, 0.2) is 0 Å². The highest BCUT2D eigenvalue weighted by molar-refractivity contribution is 5.86. The minimum Gasteiger partial charge on any atom is -0.352 e. The van der Waals surface area contributed by atoms with Crippen molar-refractivity contribution in [3.05, 3.63) is 35.9 Å². The number of primary amides is 1. The van der Waals surface area contributed by atoms with Crippen LogP contribution >= 0.6 is 0 Å². The van der Waals surface area contributed by atoms with Crippen LogP contribution in [-0.2, 0) is 4.79 Å². The van der Waals surface area contributed by atoms with Crippen LogP contribution in [0.2, 0.25) is 0 Å². The zero-order valence-corrected chi connectivity index (χ0v) is 9.94. The first-order valence-electron chi connectivity index (χ1n) is 5.42. The van der Waals surface area contributed by atoms with Gasteiger partial charge in [-0.15, -0.1) is 0 Å². The van der Waals surface area contributed by atoms with Gasteiger partial charge in [0.2, 0.25) is 5.91 Å². The van der Waals surface area contributed by atoms with E-state index in [9.17, 15) is 9.59 Å². The molecule has 5 nitrogen and oxygen atoms in total. The van der Waals surface area contributed by atoms with E-state index in [4.69, 9.17) is 5.73 Å². The van der Waals surface area contributed by atoms with Crippen LogP contribution in [0.25, 0.3) is 0 Å². The molecule has 0 aliphatic rings. The SMILES string of the molecule is C[C@H](NC(N)=O)C(=O)N[C@H](C)c1ccccc1. The van der Waals surface area contributed by atoms with E-state index >= 15 is 0 Å². The van der Waals surface area contributed by atoms with E-state index in [-0.39, 0.29) is 11.9 Å². The molecule has 4 N–H and O–H groups in total. The maximum atomic E-state index is 11.7. The van der Waals surface area contributed by atoms with E-state index in [1.165, 1.54) is 0 Å². The highest BCUT2D eigenvalue weighted by atomic mass is 16.2. The molecular weight excluding hydrogens is 218 g/mol. The maximum absolute atomic E-state index is 11.7. The fraction of sp³-hybridized carbons (Fsp3) is 0.333. The van der Waals surface area contributed by atoms with Gasteiger partial charge in [-0.1, -0.05) is 30.3 Å². The number of benzene rings is 1. The molecule has 5 heteroatoms. The third-order valence-corrected chi connectivity index (χ3v) is 2.41. The fourth-order valence-electron chi connectivity index (χ4n) is 1.44. The molecule has 0 bridgehead atoms. The first-order valence-corrected chi connectivity index (χ1v) is 5.42. The molecule has 1 aromatic rings. The number of urea groups is 1. The van der Waals surface area contributed by atoms with Gasteiger partial charge in [-0.25, -0.2) is 4.79 Å². The summed E-state index contributed by atoms with van der Waals surface area (Å²) in [4.78, 5) is 22.3. The summed E-state index contributed by atoms with van der Waals surface area (Å²) in [7, 11) is 0. The predicted octanol–water partition coefficient (Wildman–Crippen LogP) is 0.921. The standard InChI is InChI=1S/C12H17N3O2/c1-8(10-6-4-3-5-7-10)14-11(16)9(2)15-12(13)17/h3-9H,1-2H3,(H,14,16)(H3,13,15,17)/t8-,9+/m1/s1. The fourth-order valence-corrected chi connectivity index (χ4v) is 1.44. The first kappa shape index (κ1) is 13.0. The van der Waals surface area contributed by atoms with E-state index in [2.05, 4.69) is 10.6 Å². The van der Waals surface area contributed by atoms with Crippen molar-refractivity contribution in [1.82, 2.24) is 10.6 Å². The Morgan fingerprint density at radius 2 is 1.71 bits per heavy atom. The molecule has 0 aromatic heterocycles. The van der Waals surface area contributed by atoms with Gasteiger partial charge < -0.3 is 16.4 Å². The molecule has 0 saturated heterocycles. The van der Waals surface area contributed by atoms with Crippen LogP contribution < -0.4 is 16.4 Å². The van der Waals surface area contributed by atoms with Crippen molar-refractivity contribution in [2.45, 2.75) is 25.9 Å². The monoisotopic (exact) mass is 235 g/mol. The maximum Gasteiger partial charge on any atom is 0.312 e. The molecular formula is C12H17N3O2. The van der Waals surface area contributed by atoms with Crippen LogP contribution in [0.15, 0.2) is 30.3 Å². The van der Waals surface area contributed by atoms with E-state index in [0.717, 1.165) is 5.56 Å². The van der Waals surface area contributed by atoms with Gasteiger partial charge in [0, 0.05) is 0 Å². The van der Waals surface area contributed by atoms with Crippen molar-refractivity contribution in [2.75, 3.05) is 0 Å². The van der Waals surface area contributed by atoms with E-state index in [1.54, 1.807) is 6.92 Å². The topological polar surface area (TPSA) is 84.2 Å². The van der Waals surface area contributed by atoms with E-state index in [1.807, 2.05) is 37.3 Å². The number of rotatable bonds is 4. The van der Waals surface area contributed by atoms with Crippen molar-refractivity contribution in [3.8, 4) is 0 Å². The Labute approximate surface area is 100 Å². The Morgan fingerprint density at radius 1 is 1.12 bits per heavy atom. The molecule has 0 aliphatic heterocycles. The van der Waals surface area contributed by atoms with Crippen molar-refractivity contribution < 1.29 is 9.59 Å². The van der Waals surface area contributed by atoms with E-state index < -0.39 is 12.1 Å². The van der Waals surface area contributed by atoms with Crippen LogP contribution in [-0.4, -0.2) is 18.0 Å². The molecule has 2 atom stereocenters. The number of carbonyl (C=O) groups is 2. The number of nitrogens with two attached hydrogens (primary N) is 1. The van der Waals surface area contributed by atoms with Crippen LogP contribution in [0, 0.1) is 0 Å². The summed E-state index contributed by atoms with van der Waals surface area (Å²) in [6.07, 6.45) is 0. The summed E-state index contributed by atoms with van der Waals surface area (Å²) in [6, 6.07) is 8.12. The molecule has 92 valence electrons. The number of carbonyl (C=O) groups excluding carboxylic acids is 2. The molecule has 0 aliphatic carbocycles. The molecule has 0 fully saturated rings.